The van der Waals surface area contributed by atoms with E-state index in [0.717, 1.165) is 0 Å². The number of aromatic nitrogens is 6. The third-order valence-corrected chi connectivity index (χ3v) is 3.34. The Morgan fingerprint density at radius 1 is 1.47 bits per heavy atom. The van der Waals surface area contributed by atoms with E-state index >= 15 is 0 Å². The molecule has 0 aliphatic rings. The maximum Gasteiger partial charge on any atom is 0.258 e. The van der Waals surface area contributed by atoms with Crippen molar-refractivity contribution < 1.29 is 13.5 Å². The average Bonchev–Trinajstić information content (AvgIpc) is 2.97. The van der Waals surface area contributed by atoms with Crippen molar-refractivity contribution in [3.8, 4) is 0 Å². The molecule has 2 rings (SSSR count). The first-order chi connectivity index (χ1) is 8.13. The fourth-order valence-electron chi connectivity index (χ4n) is 1.13. The van der Waals surface area contributed by atoms with Gasteiger partial charge in [0, 0.05) is 5.56 Å². The fourth-order valence-corrected chi connectivity index (χ4v) is 2.23. The molecule has 0 atom stereocenters. The highest BCUT2D eigenvalue weighted by Crippen LogP contribution is 2.11. The molecule has 92 valence electrons. The van der Waals surface area contributed by atoms with Crippen molar-refractivity contribution in [3.05, 3.63) is 17.6 Å². The number of aliphatic hydroxyl groups is 1. The molecule has 0 amide bonds. The molecular weight excluding hydrogens is 250 g/mol. The zero-order valence-corrected chi connectivity index (χ0v) is 9.27. The van der Waals surface area contributed by atoms with Crippen LogP contribution in [0, 0.1) is 0 Å². The molecule has 2 aromatic heterocycles. The SMILES string of the molecule is O=S(=O)(NCc1nn[nH]n1)c1[nH]ncc1CO. The number of sulfonamides is 1. The van der Waals surface area contributed by atoms with Gasteiger partial charge in [-0.1, -0.05) is 5.21 Å². The van der Waals surface area contributed by atoms with Crippen molar-refractivity contribution >= 4 is 10.0 Å². The Morgan fingerprint density at radius 3 is 2.94 bits per heavy atom. The molecule has 0 aliphatic carbocycles. The molecule has 0 saturated heterocycles. The number of nitrogens with one attached hydrogen (secondary N) is 3. The summed E-state index contributed by atoms with van der Waals surface area (Å²) in [6.07, 6.45) is 1.24. The van der Waals surface area contributed by atoms with Crippen LogP contribution in [0.4, 0.5) is 0 Å². The van der Waals surface area contributed by atoms with Crippen LogP contribution in [0.3, 0.4) is 0 Å². The van der Waals surface area contributed by atoms with E-state index in [1.165, 1.54) is 6.20 Å². The van der Waals surface area contributed by atoms with E-state index in [-0.39, 0.29) is 23.0 Å². The number of hydrogen-bond acceptors (Lipinski definition) is 7. The normalized spacial score (nSPS) is 11.8. The molecule has 0 aromatic carbocycles. The van der Waals surface area contributed by atoms with Crippen LogP contribution >= 0.6 is 0 Å². The minimum atomic E-state index is -3.79. The summed E-state index contributed by atoms with van der Waals surface area (Å²) >= 11 is 0. The van der Waals surface area contributed by atoms with Crippen LogP contribution in [-0.4, -0.2) is 44.3 Å². The molecule has 2 aromatic rings. The third kappa shape index (κ3) is 2.46. The van der Waals surface area contributed by atoms with Crippen LogP contribution in [-0.2, 0) is 23.2 Å². The van der Waals surface area contributed by atoms with E-state index in [9.17, 15) is 8.42 Å². The van der Waals surface area contributed by atoms with Crippen LogP contribution in [0.5, 0.6) is 0 Å². The van der Waals surface area contributed by atoms with Gasteiger partial charge in [0.1, 0.15) is 0 Å². The number of aliphatic hydroxyl groups excluding tert-OH is 1. The molecule has 2 heterocycles. The smallest absolute Gasteiger partial charge is 0.258 e. The van der Waals surface area contributed by atoms with Gasteiger partial charge in [-0.15, -0.1) is 10.2 Å². The number of nitrogens with zero attached hydrogens (tertiary/aromatic N) is 4. The van der Waals surface area contributed by atoms with Crippen molar-refractivity contribution in [3.63, 3.8) is 0 Å². The second-order valence-corrected chi connectivity index (χ2v) is 4.74. The quantitative estimate of drug-likeness (QED) is 0.480. The number of tetrazole rings is 1. The summed E-state index contributed by atoms with van der Waals surface area (Å²) < 4.78 is 25.8. The molecule has 0 fully saturated rings. The predicted octanol–water partition coefficient (Wildman–Crippen LogP) is -2.11. The highest BCUT2D eigenvalue weighted by atomic mass is 32.2. The van der Waals surface area contributed by atoms with Crippen molar-refractivity contribution in [1.82, 2.24) is 35.5 Å². The highest BCUT2D eigenvalue weighted by Gasteiger charge is 2.20. The van der Waals surface area contributed by atoms with Crippen molar-refractivity contribution in [2.75, 3.05) is 0 Å². The molecule has 0 unspecified atom stereocenters. The second kappa shape index (κ2) is 4.57. The van der Waals surface area contributed by atoms with Crippen LogP contribution < -0.4 is 4.72 Å². The minimum Gasteiger partial charge on any atom is -0.392 e. The molecule has 11 heteroatoms. The molecular formula is C6H9N7O3S. The first kappa shape index (κ1) is 11.6. The fraction of sp³-hybridized carbons (Fsp3) is 0.333. The van der Waals surface area contributed by atoms with Gasteiger partial charge in [-0.25, -0.2) is 13.1 Å². The first-order valence-electron chi connectivity index (χ1n) is 4.48. The standard InChI is InChI=1S/C6H9N7O3S/c14-3-4-1-7-11-6(4)17(15,16)8-2-5-9-12-13-10-5/h1,8,14H,2-3H2,(H,7,11)(H,9,10,12,13). The van der Waals surface area contributed by atoms with E-state index in [1.54, 1.807) is 0 Å². The third-order valence-electron chi connectivity index (χ3n) is 1.93. The van der Waals surface area contributed by atoms with Gasteiger partial charge < -0.3 is 5.11 Å². The lowest BCUT2D eigenvalue weighted by molar-refractivity contribution is 0.278. The van der Waals surface area contributed by atoms with Crippen LogP contribution in [0.2, 0.25) is 0 Å². The Labute approximate surface area is 95.5 Å². The van der Waals surface area contributed by atoms with Crippen molar-refractivity contribution in [2.24, 2.45) is 0 Å². The summed E-state index contributed by atoms with van der Waals surface area (Å²) in [5.41, 5.74) is 0.186. The second-order valence-electron chi connectivity index (χ2n) is 3.04. The Kier molecular flexibility index (Phi) is 3.12. The van der Waals surface area contributed by atoms with Crippen molar-refractivity contribution in [1.29, 1.82) is 0 Å². The van der Waals surface area contributed by atoms with E-state index < -0.39 is 16.6 Å². The van der Waals surface area contributed by atoms with Crippen molar-refractivity contribution in [2.45, 2.75) is 18.2 Å². The van der Waals surface area contributed by atoms with E-state index in [2.05, 4.69) is 35.5 Å². The predicted molar refractivity (Wildman–Crippen MR) is 52.7 cm³/mol. The summed E-state index contributed by atoms with van der Waals surface area (Å²) in [6, 6.07) is 0. The summed E-state index contributed by atoms with van der Waals surface area (Å²) in [7, 11) is -3.79. The topological polar surface area (TPSA) is 150 Å². The molecule has 0 spiro atoms. The maximum absolute atomic E-state index is 11.8. The summed E-state index contributed by atoms with van der Waals surface area (Å²) in [5.74, 6) is 0.207. The molecule has 0 bridgehead atoms. The van der Waals surface area contributed by atoms with Crippen LogP contribution in [0.1, 0.15) is 11.4 Å². The maximum atomic E-state index is 11.8. The number of H-pyrrole nitrogens is 2. The molecule has 10 nitrogen and oxygen atoms in total. The Bertz CT molecular complexity index is 575. The number of hydrogen-bond donors (Lipinski definition) is 4. The Morgan fingerprint density at radius 2 is 2.29 bits per heavy atom. The Balaban J connectivity index is 2.14. The van der Waals surface area contributed by atoms with E-state index in [1.807, 2.05) is 0 Å². The van der Waals surface area contributed by atoms with Gasteiger partial charge in [0.2, 0.25) is 0 Å². The van der Waals surface area contributed by atoms with Crippen LogP contribution in [0.25, 0.3) is 0 Å². The molecule has 4 N–H and O–H groups in total. The lowest BCUT2D eigenvalue weighted by Crippen LogP contribution is -2.25. The van der Waals surface area contributed by atoms with Gasteiger partial charge in [0.15, 0.2) is 10.9 Å². The van der Waals surface area contributed by atoms with Gasteiger partial charge in [0.25, 0.3) is 10.0 Å². The number of aromatic amines is 2. The van der Waals surface area contributed by atoms with Gasteiger partial charge >= 0.3 is 0 Å². The van der Waals surface area contributed by atoms with Gasteiger partial charge in [-0.3, -0.25) is 5.10 Å². The molecule has 0 radical (unpaired) electrons. The molecule has 0 saturated carbocycles. The van der Waals surface area contributed by atoms with Gasteiger partial charge in [0.05, 0.1) is 19.3 Å². The zero-order valence-electron chi connectivity index (χ0n) is 8.45. The average molecular weight is 259 g/mol. The monoisotopic (exact) mass is 259 g/mol. The first-order valence-corrected chi connectivity index (χ1v) is 5.97. The lowest BCUT2D eigenvalue weighted by atomic mass is 10.4. The summed E-state index contributed by atoms with van der Waals surface area (Å²) in [5, 5.41) is 27.3. The van der Waals surface area contributed by atoms with E-state index in [4.69, 9.17) is 5.11 Å². The van der Waals surface area contributed by atoms with E-state index in [0.29, 0.717) is 0 Å². The highest BCUT2D eigenvalue weighted by molar-refractivity contribution is 7.89. The molecule has 17 heavy (non-hydrogen) atoms. The largest absolute Gasteiger partial charge is 0.392 e. The summed E-state index contributed by atoms with van der Waals surface area (Å²) in [6.45, 7) is -0.530. The lowest BCUT2D eigenvalue weighted by Gasteiger charge is -2.03. The molecule has 0 aliphatic heterocycles. The zero-order chi connectivity index (χ0) is 12.3. The minimum absolute atomic E-state index is 0.108. The Hall–Kier alpha value is -1.85. The summed E-state index contributed by atoms with van der Waals surface area (Å²) in [4.78, 5) is 0. The van der Waals surface area contributed by atoms with Crippen LogP contribution in [0.15, 0.2) is 11.2 Å². The number of rotatable bonds is 5. The van der Waals surface area contributed by atoms with Gasteiger partial charge in [-0.05, 0) is 0 Å². The van der Waals surface area contributed by atoms with Gasteiger partial charge in [-0.2, -0.15) is 10.3 Å².